The molecule has 132 valence electrons. The molecule has 0 aliphatic heterocycles. The third-order valence-electron chi connectivity index (χ3n) is 4.74. The van der Waals surface area contributed by atoms with E-state index in [0.29, 0.717) is 17.9 Å². The molecule has 0 saturated carbocycles. The van der Waals surface area contributed by atoms with E-state index in [4.69, 9.17) is 9.47 Å². The Balaban J connectivity index is 0.000000471. The molecule has 0 fully saturated rings. The lowest BCUT2D eigenvalue weighted by Gasteiger charge is -2.35. The van der Waals surface area contributed by atoms with Gasteiger partial charge in [0.25, 0.3) is 0 Å². The molecule has 3 rings (SSSR count). The number of carbonyl (C=O) groups excluding carboxylic acids is 1. The first kappa shape index (κ1) is 18.3. The van der Waals surface area contributed by atoms with Crippen molar-refractivity contribution in [1.29, 1.82) is 0 Å². The molecule has 0 saturated heterocycles. The number of carbonyl (C=O) groups is 1. The van der Waals surface area contributed by atoms with Crippen LogP contribution < -0.4 is 10.1 Å². The number of ether oxygens (including phenoxy) is 2. The van der Waals surface area contributed by atoms with E-state index in [1.807, 2.05) is 19.2 Å². The van der Waals surface area contributed by atoms with Crippen molar-refractivity contribution >= 4 is 5.78 Å². The van der Waals surface area contributed by atoms with Crippen LogP contribution >= 0.6 is 0 Å². The molecule has 0 radical (unpaired) electrons. The Kier molecular flexibility index (Phi) is 6.26. The summed E-state index contributed by atoms with van der Waals surface area (Å²) in [6, 6.07) is 3.78. The lowest BCUT2D eigenvalue weighted by Crippen LogP contribution is -2.27. The van der Waals surface area contributed by atoms with Crippen LogP contribution in [0.2, 0.25) is 0 Å². The van der Waals surface area contributed by atoms with Crippen LogP contribution in [-0.2, 0) is 16.0 Å². The van der Waals surface area contributed by atoms with E-state index in [2.05, 4.69) is 12.2 Å². The molecule has 1 aromatic carbocycles. The van der Waals surface area contributed by atoms with Gasteiger partial charge in [-0.2, -0.15) is 0 Å². The Morgan fingerprint density at radius 3 is 2.58 bits per heavy atom. The Bertz CT molecular complexity index is 622. The zero-order valence-corrected chi connectivity index (χ0v) is 14.9. The number of ketones is 1. The molecule has 2 atom stereocenters. The molecule has 0 bridgehead atoms. The van der Waals surface area contributed by atoms with Crippen molar-refractivity contribution in [3.63, 3.8) is 0 Å². The molecule has 2 aliphatic carbocycles. The van der Waals surface area contributed by atoms with Crippen molar-refractivity contribution in [2.75, 3.05) is 27.8 Å². The first-order valence-corrected chi connectivity index (χ1v) is 8.39. The van der Waals surface area contributed by atoms with Gasteiger partial charge in [-0.05, 0) is 50.1 Å². The van der Waals surface area contributed by atoms with Gasteiger partial charge in [0, 0.05) is 17.9 Å². The van der Waals surface area contributed by atoms with Crippen molar-refractivity contribution in [3.05, 3.63) is 35.1 Å². The van der Waals surface area contributed by atoms with Crippen molar-refractivity contribution < 1.29 is 19.4 Å². The smallest absolute Gasteiger partial charge is 0.197 e. The summed E-state index contributed by atoms with van der Waals surface area (Å²) in [6.07, 6.45) is 4.18. The van der Waals surface area contributed by atoms with Gasteiger partial charge in [0.2, 0.25) is 0 Å². The molecule has 2 unspecified atom stereocenters. The third kappa shape index (κ3) is 3.56. The summed E-state index contributed by atoms with van der Waals surface area (Å²) in [5, 5.41) is 13.3. The van der Waals surface area contributed by atoms with Gasteiger partial charge in [-0.1, -0.05) is 13.0 Å². The molecule has 24 heavy (non-hydrogen) atoms. The number of allylic oxidation sites excluding steroid dienone is 2. The van der Waals surface area contributed by atoms with Crippen molar-refractivity contribution in [2.24, 2.45) is 5.92 Å². The highest BCUT2D eigenvalue weighted by Gasteiger charge is 2.37. The van der Waals surface area contributed by atoms with E-state index in [1.165, 1.54) is 14.2 Å². The average Bonchev–Trinajstić information content (AvgIpc) is 2.61. The molecular formula is C19H27NO4. The number of hydrogen-bond acceptors (Lipinski definition) is 5. The Morgan fingerprint density at radius 2 is 2.00 bits per heavy atom. The molecule has 0 spiro atoms. The number of benzene rings is 1. The predicted octanol–water partition coefficient (Wildman–Crippen LogP) is 2.78. The fourth-order valence-corrected chi connectivity index (χ4v) is 3.39. The minimum atomic E-state index is 0.00354. The van der Waals surface area contributed by atoms with Gasteiger partial charge >= 0.3 is 0 Å². The van der Waals surface area contributed by atoms with E-state index < -0.39 is 0 Å². The first-order chi connectivity index (χ1) is 11.6. The number of aryl methyl sites for hydroxylation is 1. The summed E-state index contributed by atoms with van der Waals surface area (Å²) in [6.45, 7) is 3.14. The van der Waals surface area contributed by atoms with Gasteiger partial charge in [0.15, 0.2) is 23.0 Å². The second-order valence-corrected chi connectivity index (χ2v) is 6.07. The van der Waals surface area contributed by atoms with E-state index in [9.17, 15) is 9.90 Å². The summed E-state index contributed by atoms with van der Waals surface area (Å²) >= 11 is 0. The lowest BCUT2D eigenvalue weighted by atomic mass is 9.70. The zero-order chi connectivity index (χ0) is 17.7. The fourth-order valence-electron chi connectivity index (χ4n) is 3.39. The summed E-state index contributed by atoms with van der Waals surface area (Å²) in [5.74, 6) is 1.38. The van der Waals surface area contributed by atoms with E-state index in [0.717, 1.165) is 30.5 Å². The molecule has 2 aliphatic rings. The highest BCUT2D eigenvalue weighted by atomic mass is 16.5. The monoisotopic (exact) mass is 333 g/mol. The van der Waals surface area contributed by atoms with Gasteiger partial charge < -0.3 is 19.9 Å². The number of phenolic OH excluding ortho intramolecular Hbond substituents is 1. The Labute approximate surface area is 143 Å². The minimum absolute atomic E-state index is 0.00354. The Hall–Kier alpha value is -2.01. The SMILES string of the molecule is CCNC.COC1=CC2CCc3ccc(OC)c(O)c3C2CC1=O. The van der Waals surface area contributed by atoms with Crippen LogP contribution in [0.15, 0.2) is 24.0 Å². The van der Waals surface area contributed by atoms with E-state index in [-0.39, 0.29) is 23.4 Å². The number of fused-ring (bicyclic) bond motifs is 3. The minimum Gasteiger partial charge on any atom is -0.504 e. The predicted molar refractivity (Wildman–Crippen MR) is 93.5 cm³/mol. The number of methoxy groups -OCH3 is 2. The van der Waals surface area contributed by atoms with E-state index in [1.54, 1.807) is 6.07 Å². The maximum absolute atomic E-state index is 12.0. The molecular weight excluding hydrogens is 306 g/mol. The van der Waals surface area contributed by atoms with Gasteiger partial charge in [0.1, 0.15) is 0 Å². The van der Waals surface area contributed by atoms with Crippen molar-refractivity contribution in [3.8, 4) is 11.5 Å². The summed E-state index contributed by atoms with van der Waals surface area (Å²) in [4.78, 5) is 12.0. The highest BCUT2D eigenvalue weighted by molar-refractivity contribution is 5.95. The zero-order valence-electron chi connectivity index (χ0n) is 14.9. The highest BCUT2D eigenvalue weighted by Crippen LogP contribution is 2.48. The van der Waals surface area contributed by atoms with Crippen LogP contribution in [-0.4, -0.2) is 38.7 Å². The maximum atomic E-state index is 12.0. The molecule has 2 N–H and O–H groups in total. The number of rotatable bonds is 3. The molecule has 5 heteroatoms. The van der Waals surface area contributed by atoms with Gasteiger partial charge in [-0.3, -0.25) is 4.79 Å². The van der Waals surface area contributed by atoms with Gasteiger partial charge in [0.05, 0.1) is 14.2 Å². The second kappa shape index (κ2) is 8.20. The van der Waals surface area contributed by atoms with Crippen molar-refractivity contribution in [1.82, 2.24) is 5.32 Å². The molecule has 0 amide bonds. The largest absolute Gasteiger partial charge is 0.504 e. The standard InChI is InChI=1S/C16H18O4.C3H9N/c1-19-13-6-5-9-3-4-10-7-14(20-2)12(17)8-11(10)15(9)16(13)18;1-3-4-2/h5-7,10-11,18H,3-4,8H2,1-2H3;4H,3H2,1-2H3. The molecule has 0 heterocycles. The summed E-state index contributed by atoms with van der Waals surface area (Å²) in [5.41, 5.74) is 1.99. The molecule has 0 aromatic heterocycles. The molecule has 5 nitrogen and oxygen atoms in total. The molecule has 1 aromatic rings. The summed E-state index contributed by atoms with van der Waals surface area (Å²) in [7, 11) is 5.00. The maximum Gasteiger partial charge on any atom is 0.197 e. The number of Topliss-reactive ketones (excluding diaryl/α,β-unsaturated/α-hetero) is 1. The van der Waals surface area contributed by atoms with Crippen LogP contribution in [0.3, 0.4) is 0 Å². The number of phenols is 1. The number of hydrogen-bond donors (Lipinski definition) is 2. The van der Waals surface area contributed by atoms with Crippen LogP contribution in [0, 0.1) is 5.92 Å². The number of nitrogens with one attached hydrogen (secondary N) is 1. The van der Waals surface area contributed by atoms with Crippen LogP contribution in [0.5, 0.6) is 11.5 Å². The normalized spacial score (nSPS) is 21.7. The van der Waals surface area contributed by atoms with E-state index >= 15 is 0 Å². The lowest BCUT2D eigenvalue weighted by molar-refractivity contribution is -0.119. The van der Waals surface area contributed by atoms with Gasteiger partial charge in [-0.15, -0.1) is 0 Å². The first-order valence-electron chi connectivity index (χ1n) is 8.39. The number of aromatic hydroxyl groups is 1. The third-order valence-corrected chi connectivity index (χ3v) is 4.74. The summed E-state index contributed by atoms with van der Waals surface area (Å²) < 4.78 is 10.3. The fraction of sp³-hybridized carbons (Fsp3) is 0.526. The van der Waals surface area contributed by atoms with Gasteiger partial charge in [-0.25, -0.2) is 0 Å². The average molecular weight is 333 g/mol. The van der Waals surface area contributed by atoms with Crippen LogP contribution in [0.25, 0.3) is 0 Å². The Morgan fingerprint density at radius 1 is 1.29 bits per heavy atom. The second-order valence-electron chi connectivity index (χ2n) is 6.07. The van der Waals surface area contributed by atoms with Crippen molar-refractivity contribution in [2.45, 2.75) is 32.1 Å². The quantitative estimate of drug-likeness (QED) is 0.890. The van der Waals surface area contributed by atoms with Crippen LogP contribution in [0.4, 0.5) is 0 Å². The van der Waals surface area contributed by atoms with Crippen LogP contribution in [0.1, 0.15) is 36.8 Å². The topological polar surface area (TPSA) is 67.8 Å².